The minimum Gasteiger partial charge on any atom is -0.504 e. The summed E-state index contributed by atoms with van der Waals surface area (Å²) < 4.78 is 5.27. The van der Waals surface area contributed by atoms with Crippen LogP contribution in [0.5, 0.6) is 11.5 Å². The fourth-order valence-electron chi connectivity index (χ4n) is 2.33. The molecule has 3 aromatic carbocycles. The third-order valence-electron chi connectivity index (χ3n) is 4.18. The summed E-state index contributed by atoms with van der Waals surface area (Å²) in [4.78, 5) is 22.1. The van der Waals surface area contributed by atoms with E-state index in [2.05, 4.69) is 0 Å². The van der Waals surface area contributed by atoms with Crippen molar-refractivity contribution >= 4 is 11.9 Å². The number of carbonyl (C=O) groups is 2. The number of carboxylic acid groups (broad SMARTS) is 1. The maximum absolute atomic E-state index is 11.9. The van der Waals surface area contributed by atoms with Crippen molar-refractivity contribution in [1.29, 1.82) is 0 Å². The van der Waals surface area contributed by atoms with Gasteiger partial charge in [-0.2, -0.15) is 0 Å². The molecule has 0 bridgehead atoms. The van der Waals surface area contributed by atoms with Crippen LogP contribution in [0.1, 0.15) is 37.4 Å². The Kier molecular flexibility index (Phi) is 7.37. The van der Waals surface area contributed by atoms with E-state index in [0.29, 0.717) is 12.2 Å². The minimum absolute atomic E-state index is 0.0553. The monoisotopic (exact) mass is 394 g/mol. The molecule has 0 aliphatic carbocycles. The molecule has 0 unspecified atom stereocenters. The van der Waals surface area contributed by atoms with Crippen molar-refractivity contribution in [2.45, 2.75) is 20.5 Å². The summed E-state index contributed by atoms with van der Waals surface area (Å²) >= 11 is 0. The third kappa shape index (κ3) is 6.39. The van der Waals surface area contributed by atoms with Crippen LogP contribution < -0.4 is 0 Å². The Hall–Kier alpha value is -3.80. The molecule has 0 spiro atoms. The average molecular weight is 394 g/mol. The van der Waals surface area contributed by atoms with Crippen LogP contribution in [0.4, 0.5) is 0 Å². The van der Waals surface area contributed by atoms with Crippen LogP contribution in [0.3, 0.4) is 0 Å². The average Bonchev–Trinajstić information content (AvgIpc) is 2.71. The molecule has 0 saturated heterocycles. The molecule has 0 aliphatic rings. The topological polar surface area (TPSA) is 104 Å². The highest BCUT2D eigenvalue weighted by Crippen LogP contribution is 2.24. The molecule has 3 N–H and O–H groups in total. The van der Waals surface area contributed by atoms with E-state index in [1.54, 1.807) is 6.07 Å². The Morgan fingerprint density at radius 2 is 1.45 bits per heavy atom. The van der Waals surface area contributed by atoms with E-state index < -0.39 is 11.7 Å². The van der Waals surface area contributed by atoms with E-state index in [4.69, 9.17) is 20.1 Å². The van der Waals surface area contributed by atoms with E-state index in [1.807, 2.05) is 56.3 Å². The highest BCUT2D eigenvalue weighted by molar-refractivity contribution is 5.89. The fraction of sp³-hybridized carbons (Fsp3) is 0.130. The van der Waals surface area contributed by atoms with Gasteiger partial charge in [0.05, 0.1) is 11.1 Å². The molecule has 29 heavy (non-hydrogen) atoms. The van der Waals surface area contributed by atoms with Crippen LogP contribution in [0.2, 0.25) is 0 Å². The molecule has 3 aromatic rings. The lowest BCUT2D eigenvalue weighted by molar-refractivity contribution is 0.0472. The van der Waals surface area contributed by atoms with Gasteiger partial charge in [-0.05, 0) is 60.9 Å². The summed E-state index contributed by atoms with van der Waals surface area (Å²) in [6.07, 6.45) is 0. The van der Waals surface area contributed by atoms with Crippen molar-refractivity contribution in [2.24, 2.45) is 0 Å². The molecule has 0 aromatic heterocycles. The number of hydrogen-bond acceptors (Lipinski definition) is 5. The van der Waals surface area contributed by atoms with E-state index >= 15 is 0 Å². The van der Waals surface area contributed by atoms with Crippen LogP contribution >= 0.6 is 0 Å². The van der Waals surface area contributed by atoms with E-state index in [1.165, 1.54) is 11.6 Å². The van der Waals surface area contributed by atoms with Crippen LogP contribution in [-0.4, -0.2) is 27.3 Å². The number of carboxylic acids is 1. The fourth-order valence-corrected chi connectivity index (χ4v) is 2.33. The molecule has 0 fully saturated rings. The summed E-state index contributed by atoms with van der Waals surface area (Å²) in [5.74, 6) is -2.16. The smallest absolute Gasteiger partial charge is 0.338 e. The molecule has 3 rings (SSSR count). The number of carbonyl (C=O) groups excluding carboxylic acids is 1. The molecule has 0 atom stereocenters. The second-order valence-corrected chi connectivity index (χ2v) is 6.37. The summed E-state index contributed by atoms with van der Waals surface area (Å²) in [6, 6.07) is 18.6. The summed E-state index contributed by atoms with van der Waals surface area (Å²) in [5.41, 5.74) is 3.82. The van der Waals surface area contributed by atoms with Crippen molar-refractivity contribution < 1.29 is 29.6 Å². The van der Waals surface area contributed by atoms with Crippen molar-refractivity contribution in [1.82, 2.24) is 0 Å². The zero-order chi connectivity index (χ0) is 21.4. The van der Waals surface area contributed by atoms with Crippen molar-refractivity contribution in [3.8, 4) is 11.5 Å². The number of benzene rings is 3. The molecular formula is C23H22O6. The van der Waals surface area contributed by atoms with Gasteiger partial charge in [0.25, 0.3) is 0 Å². The Bertz CT molecular complexity index is 996. The first-order valence-electron chi connectivity index (χ1n) is 8.81. The quantitative estimate of drug-likeness (QED) is 0.446. The van der Waals surface area contributed by atoms with Gasteiger partial charge in [-0.15, -0.1) is 0 Å². The van der Waals surface area contributed by atoms with Gasteiger partial charge in [0.15, 0.2) is 11.5 Å². The van der Waals surface area contributed by atoms with Gasteiger partial charge in [-0.3, -0.25) is 0 Å². The molecule has 0 amide bonds. The van der Waals surface area contributed by atoms with Crippen molar-refractivity contribution in [3.05, 3.63) is 94.5 Å². The largest absolute Gasteiger partial charge is 0.504 e. The van der Waals surface area contributed by atoms with Gasteiger partial charge >= 0.3 is 11.9 Å². The predicted molar refractivity (Wildman–Crippen MR) is 108 cm³/mol. The Morgan fingerprint density at radius 1 is 0.793 bits per heavy atom. The number of phenols is 2. The molecular weight excluding hydrogens is 372 g/mol. The number of aryl methyl sites for hydroxylation is 2. The first-order valence-corrected chi connectivity index (χ1v) is 8.81. The summed E-state index contributed by atoms with van der Waals surface area (Å²) in [7, 11) is 0. The zero-order valence-electron chi connectivity index (χ0n) is 16.1. The van der Waals surface area contributed by atoms with E-state index in [0.717, 1.165) is 23.3 Å². The van der Waals surface area contributed by atoms with E-state index in [9.17, 15) is 9.59 Å². The SMILES string of the molecule is Cc1ccc(C(=O)OCc2ccccc2)cc1C.O=C(O)c1ccc(O)c(O)c1. The number of rotatable bonds is 4. The Morgan fingerprint density at radius 3 is 2.03 bits per heavy atom. The number of aromatic carboxylic acids is 1. The molecule has 0 aliphatic heterocycles. The Labute approximate surface area is 168 Å². The van der Waals surface area contributed by atoms with Gasteiger partial charge in [-0.25, -0.2) is 9.59 Å². The number of aromatic hydroxyl groups is 2. The molecule has 150 valence electrons. The lowest BCUT2D eigenvalue weighted by Gasteiger charge is -2.06. The van der Waals surface area contributed by atoms with Crippen LogP contribution in [-0.2, 0) is 11.3 Å². The molecule has 6 nitrogen and oxygen atoms in total. The minimum atomic E-state index is -1.14. The number of phenolic OH excluding ortho intramolecular Hbond substituents is 2. The van der Waals surface area contributed by atoms with Gasteiger partial charge in [0.2, 0.25) is 0 Å². The van der Waals surface area contributed by atoms with Crippen LogP contribution in [0, 0.1) is 13.8 Å². The molecule has 0 saturated carbocycles. The molecule has 0 radical (unpaired) electrons. The lowest BCUT2D eigenvalue weighted by atomic mass is 10.1. The third-order valence-corrected chi connectivity index (χ3v) is 4.18. The van der Waals surface area contributed by atoms with E-state index in [-0.39, 0.29) is 17.3 Å². The number of ether oxygens (including phenoxy) is 1. The summed E-state index contributed by atoms with van der Waals surface area (Å²) in [5, 5.41) is 26.0. The standard InChI is InChI=1S/C16H16O2.C7H6O4/c1-12-8-9-15(10-13(12)2)16(17)18-11-14-6-4-3-5-7-14;8-5-2-1-4(7(10)11)3-6(5)9/h3-10H,11H2,1-2H3;1-3,8-9H,(H,10,11). The highest BCUT2D eigenvalue weighted by Gasteiger charge is 2.08. The molecule has 6 heteroatoms. The molecule has 0 heterocycles. The van der Waals surface area contributed by atoms with Crippen LogP contribution in [0.15, 0.2) is 66.7 Å². The highest BCUT2D eigenvalue weighted by atomic mass is 16.5. The van der Waals surface area contributed by atoms with Gasteiger partial charge < -0.3 is 20.1 Å². The van der Waals surface area contributed by atoms with Crippen LogP contribution in [0.25, 0.3) is 0 Å². The zero-order valence-corrected chi connectivity index (χ0v) is 16.1. The van der Waals surface area contributed by atoms with Gasteiger partial charge in [0, 0.05) is 0 Å². The maximum atomic E-state index is 11.9. The normalized spacial score (nSPS) is 9.86. The first kappa shape index (κ1) is 21.5. The maximum Gasteiger partial charge on any atom is 0.338 e. The van der Waals surface area contributed by atoms with Crippen molar-refractivity contribution in [2.75, 3.05) is 0 Å². The number of hydrogen-bond donors (Lipinski definition) is 3. The predicted octanol–water partition coefficient (Wildman–Crippen LogP) is 4.46. The first-order chi connectivity index (χ1) is 13.8. The summed E-state index contributed by atoms with van der Waals surface area (Å²) in [6.45, 7) is 4.32. The Balaban J connectivity index is 0.000000234. The second kappa shape index (κ2) is 9.94. The number of esters is 1. The van der Waals surface area contributed by atoms with Gasteiger partial charge in [-0.1, -0.05) is 36.4 Å². The lowest BCUT2D eigenvalue weighted by Crippen LogP contribution is -2.05. The second-order valence-electron chi connectivity index (χ2n) is 6.37. The van der Waals surface area contributed by atoms with Crippen molar-refractivity contribution in [3.63, 3.8) is 0 Å². The van der Waals surface area contributed by atoms with Gasteiger partial charge in [0.1, 0.15) is 6.61 Å².